The lowest BCUT2D eigenvalue weighted by Gasteiger charge is -2.33. The predicted molar refractivity (Wildman–Crippen MR) is 87.0 cm³/mol. The molecule has 0 aromatic heterocycles. The summed E-state index contributed by atoms with van der Waals surface area (Å²) in [4.78, 5) is 13.8. The Morgan fingerprint density at radius 1 is 1.43 bits per heavy atom. The first kappa shape index (κ1) is 15.5. The van der Waals surface area contributed by atoms with Crippen molar-refractivity contribution < 1.29 is 9.53 Å². The van der Waals surface area contributed by atoms with Gasteiger partial charge in [-0.15, -0.1) is 0 Å². The molecule has 0 saturated heterocycles. The van der Waals surface area contributed by atoms with E-state index in [0.717, 1.165) is 31.5 Å². The van der Waals surface area contributed by atoms with Crippen molar-refractivity contribution in [3.8, 4) is 5.75 Å². The summed E-state index contributed by atoms with van der Waals surface area (Å²) in [6, 6.07) is 4.15. The molecule has 1 unspecified atom stereocenters. The number of hydrogen-bond acceptors (Lipinski definition) is 4. The molecule has 1 aliphatic heterocycles. The number of carbonyl (C=O) groups excluding carboxylic acids is 1. The zero-order valence-electron chi connectivity index (χ0n) is 13.1. The van der Waals surface area contributed by atoms with Crippen molar-refractivity contribution in [3.05, 3.63) is 12.1 Å². The molecule has 1 aromatic rings. The van der Waals surface area contributed by atoms with Crippen LogP contribution < -0.4 is 20.7 Å². The van der Waals surface area contributed by atoms with E-state index in [0.29, 0.717) is 23.2 Å². The normalized spacial score (nSPS) is 14.9. The van der Waals surface area contributed by atoms with E-state index in [4.69, 9.17) is 10.5 Å². The van der Waals surface area contributed by atoms with Gasteiger partial charge in [-0.05, 0) is 25.8 Å². The largest absolute Gasteiger partial charge is 0.482 e. The number of nitrogens with two attached hydrogens (primary N) is 1. The maximum atomic E-state index is 11.5. The van der Waals surface area contributed by atoms with E-state index in [1.807, 2.05) is 12.1 Å². The molecule has 5 nitrogen and oxygen atoms in total. The van der Waals surface area contributed by atoms with Crippen LogP contribution in [0.5, 0.6) is 5.75 Å². The molecule has 0 fully saturated rings. The molecule has 3 N–H and O–H groups in total. The van der Waals surface area contributed by atoms with Gasteiger partial charge >= 0.3 is 0 Å². The number of nitrogen functional groups attached to an aromatic ring is 1. The molecular weight excluding hydrogens is 266 g/mol. The summed E-state index contributed by atoms with van der Waals surface area (Å²) in [5.74, 6) is 0.525. The molecule has 2 rings (SSSR count). The SMILES string of the molecule is CCCCN(c1cc2c(cc1N)OCC(=O)N2)C(C)CC. The van der Waals surface area contributed by atoms with Gasteiger partial charge in [-0.2, -0.15) is 0 Å². The minimum absolute atomic E-state index is 0.0523. The number of hydrogen-bond donors (Lipinski definition) is 2. The highest BCUT2D eigenvalue weighted by Gasteiger charge is 2.21. The van der Waals surface area contributed by atoms with Crippen LogP contribution in [0.3, 0.4) is 0 Å². The molecular formula is C16H25N3O2. The third-order valence-corrected chi connectivity index (χ3v) is 3.95. The fourth-order valence-electron chi connectivity index (χ4n) is 2.51. The zero-order chi connectivity index (χ0) is 15.4. The quantitative estimate of drug-likeness (QED) is 0.791. The van der Waals surface area contributed by atoms with Gasteiger partial charge in [0.05, 0.1) is 17.1 Å². The van der Waals surface area contributed by atoms with Gasteiger partial charge in [0.2, 0.25) is 0 Å². The van der Waals surface area contributed by atoms with Crippen molar-refractivity contribution in [1.82, 2.24) is 0 Å². The van der Waals surface area contributed by atoms with Crippen molar-refractivity contribution >= 4 is 23.0 Å². The second-order valence-corrected chi connectivity index (χ2v) is 5.55. The van der Waals surface area contributed by atoms with E-state index >= 15 is 0 Å². The van der Waals surface area contributed by atoms with E-state index < -0.39 is 0 Å². The Kier molecular flexibility index (Phi) is 4.94. The van der Waals surface area contributed by atoms with Crippen LogP contribution in [0.1, 0.15) is 40.0 Å². The summed E-state index contributed by atoms with van der Waals surface area (Å²) >= 11 is 0. The van der Waals surface area contributed by atoms with Crippen molar-refractivity contribution in [1.29, 1.82) is 0 Å². The Labute approximate surface area is 126 Å². The van der Waals surface area contributed by atoms with Gasteiger partial charge in [0.15, 0.2) is 6.61 Å². The van der Waals surface area contributed by atoms with E-state index in [-0.39, 0.29) is 12.5 Å². The smallest absolute Gasteiger partial charge is 0.262 e. The minimum atomic E-state index is -0.123. The Balaban J connectivity index is 2.35. The van der Waals surface area contributed by atoms with Crippen molar-refractivity contribution in [2.45, 2.75) is 46.1 Å². The predicted octanol–water partition coefficient (Wildman–Crippen LogP) is 3.00. The first-order valence-corrected chi connectivity index (χ1v) is 7.69. The highest BCUT2D eigenvalue weighted by atomic mass is 16.5. The van der Waals surface area contributed by atoms with Crippen molar-refractivity contribution in [3.63, 3.8) is 0 Å². The van der Waals surface area contributed by atoms with Gasteiger partial charge in [0, 0.05) is 18.7 Å². The van der Waals surface area contributed by atoms with E-state index in [1.54, 1.807) is 0 Å². The van der Waals surface area contributed by atoms with Gasteiger partial charge in [-0.3, -0.25) is 4.79 Å². The third-order valence-electron chi connectivity index (χ3n) is 3.95. The number of nitrogens with zero attached hydrogens (tertiary/aromatic N) is 1. The second-order valence-electron chi connectivity index (χ2n) is 5.55. The summed E-state index contributed by atoms with van der Waals surface area (Å²) in [6.07, 6.45) is 3.30. The lowest BCUT2D eigenvalue weighted by atomic mass is 10.1. The summed E-state index contributed by atoms with van der Waals surface area (Å²) in [5, 5.41) is 2.85. The molecule has 1 heterocycles. The maximum absolute atomic E-state index is 11.5. The molecule has 0 spiro atoms. The average molecular weight is 291 g/mol. The van der Waals surface area contributed by atoms with Gasteiger partial charge < -0.3 is 20.7 Å². The number of amides is 1. The lowest BCUT2D eigenvalue weighted by Crippen LogP contribution is -2.34. The molecule has 5 heteroatoms. The summed E-state index contributed by atoms with van der Waals surface area (Å²) in [5.41, 5.74) is 8.59. The van der Waals surface area contributed by atoms with Crippen molar-refractivity contribution in [2.75, 3.05) is 29.1 Å². The second kappa shape index (κ2) is 6.70. The minimum Gasteiger partial charge on any atom is -0.482 e. The Hall–Kier alpha value is -1.91. The molecule has 0 aliphatic carbocycles. The van der Waals surface area contributed by atoms with Crippen LogP contribution in [0.15, 0.2) is 12.1 Å². The summed E-state index contributed by atoms with van der Waals surface area (Å²) in [7, 11) is 0. The molecule has 1 aliphatic rings. The topological polar surface area (TPSA) is 67.6 Å². The van der Waals surface area contributed by atoms with Crippen LogP contribution in [0.25, 0.3) is 0 Å². The van der Waals surface area contributed by atoms with Gasteiger partial charge in [0.1, 0.15) is 5.75 Å². The number of anilines is 3. The maximum Gasteiger partial charge on any atom is 0.262 e. The molecule has 0 bridgehead atoms. The standard InChI is InChI=1S/C16H25N3O2/c1-4-6-7-19(11(3)5-2)14-9-13-15(8-12(14)17)21-10-16(20)18-13/h8-9,11H,4-7,10,17H2,1-3H3,(H,18,20). The monoisotopic (exact) mass is 291 g/mol. The lowest BCUT2D eigenvalue weighted by molar-refractivity contribution is -0.118. The Morgan fingerprint density at radius 2 is 2.19 bits per heavy atom. The Bertz CT molecular complexity index is 516. The van der Waals surface area contributed by atoms with E-state index in [1.165, 1.54) is 0 Å². The van der Waals surface area contributed by atoms with Gasteiger partial charge in [-0.25, -0.2) is 0 Å². The number of fused-ring (bicyclic) bond motifs is 1. The van der Waals surface area contributed by atoms with Crippen LogP contribution >= 0.6 is 0 Å². The molecule has 0 saturated carbocycles. The first-order valence-electron chi connectivity index (χ1n) is 7.69. The number of benzene rings is 1. The fourth-order valence-corrected chi connectivity index (χ4v) is 2.51. The third kappa shape index (κ3) is 3.40. The van der Waals surface area contributed by atoms with Crippen LogP contribution in [0, 0.1) is 0 Å². The highest BCUT2D eigenvalue weighted by molar-refractivity contribution is 5.97. The molecule has 1 atom stereocenters. The summed E-state index contributed by atoms with van der Waals surface area (Å²) in [6.45, 7) is 7.56. The zero-order valence-corrected chi connectivity index (χ0v) is 13.1. The van der Waals surface area contributed by atoms with Crippen LogP contribution in [0.2, 0.25) is 0 Å². The average Bonchev–Trinajstić information content (AvgIpc) is 2.48. The van der Waals surface area contributed by atoms with Crippen molar-refractivity contribution in [2.24, 2.45) is 0 Å². The van der Waals surface area contributed by atoms with E-state index in [9.17, 15) is 4.79 Å². The fraction of sp³-hybridized carbons (Fsp3) is 0.562. The van der Waals surface area contributed by atoms with E-state index in [2.05, 4.69) is 31.0 Å². The molecule has 1 amide bonds. The molecule has 0 radical (unpaired) electrons. The van der Waals surface area contributed by atoms with Crippen LogP contribution in [-0.2, 0) is 4.79 Å². The molecule has 116 valence electrons. The molecule has 1 aromatic carbocycles. The Morgan fingerprint density at radius 3 is 2.86 bits per heavy atom. The number of nitrogens with one attached hydrogen (secondary N) is 1. The number of unbranched alkanes of at least 4 members (excludes halogenated alkanes) is 1. The number of rotatable bonds is 6. The van der Waals surface area contributed by atoms with Gasteiger partial charge in [-0.1, -0.05) is 20.3 Å². The molecule has 21 heavy (non-hydrogen) atoms. The van der Waals surface area contributed by atoms with Crippen LogP contribution in [-0.4, -0.2) is 25.1 Å². The van der Waals surface area contributed by atoms with Gasteiger partial charge in [0.25, 0.3) is 5.91 Å². The summed E-state index contributed by atoms with van der Waals surface area (Å²) < 4.78 is 5.41. The van der Waals surface area contributed by atoms with Crippen LogP contribution in [0.4, 0.5) is 17.1 Å². The number of ether oxygens (including phenoxy) is 1. The highest BCUT2D eigenvalue weighted by Crippen LogP contribution is 2.38. The first-order chi connectivity index (χ1) is 10.1. The number of carbonyl (C=O) groups is 1.